The summed E-state index contributed by atoms with van der Waals surface area (Å²) in [5.41, 5.74) is 5.34. The lowest BCUT2D eigenvalue weighted by atomic mass is 10.0. The second kappa shape index (κ2) is 21.5. The number of carbonyl (C=O) groups is 4. The third kappa shape index (κ3) is 18.6. The van der Waals surface area contributed by atoms with Crippen molar-refractivity contribution in [2.24, 2.45) is 0 Å². The Hall–Kier alpha value is -2.45. The van der Waals surface area contributed by atoms with Crippen molar-refractivity contribution < 1.29 is 71.9 Å². The number of nitrogens with two attached hydrogens (primary N) is 1. The number of carboxylic acid groups (broad SMARTS) is 3. The number of primary amides is 1. The highest BCUT2D eigenvalue weighted by Gasteiger charge is 2.40. The average molecular weight is 740 g/mol. The SMILES string of the molecule is CSCC[C@H]([NH2+]C(=O)[C@@H]1C[C@H](Sc2ccc(C(C)C)cc2)CN1C/C=C/[C@@H]([NH3+])CS)C(=O)O.O=C([O-])C(F)(F)F.O=C([O-])C(F)(F)F. The molecule has 0 saturated carbocycles. The summed E-state index contributed by atoms with van der Waals surface area (Å²) >= 11 is 7.68. The van der Waals surface area contributed by atoms with Gasteiger partial charge in [0.1, 0.15) is 24.0 Å². The largest absolute Gasteiger partial charge is 0.542 e. The molecule has 0 unspecified atom stereocenters. The van der Waals surface area contributed by atoms with Gasteiger partial charge in [0.05, 0.1) is 0 Å². The number of carboxylic acids is 3. The average Bonchev–Trinajstić information content (AvgIpc) is 3.37. The smallest absolute Gasteiger partial charge is 0.430 e. The number of hydrogen-bond donors (Lipinski definition) is 4. The van der Waals surface area contributed by atoms with Crippen molar-refractivity contribution in [3.05, 3.63) is 42.0 Å². The van der Waals surface area contributed by atoms with E-state index in [0.717, 1.165) is 18.7 Å². The van der Waals surface area contributed by atoms with Crippen LogP contribution in [-0.4, -0.2) is 100 Å². The number of hydrogen-bond acceptors (Lipinski definition) is 10. The van der Waals surface area contributed by atoms with Crippen molar-refractivity contribution in [3.63, 3.8) is 0 Å². The number of quaternary nitrogens is 2. The van der Waals surface area contributed by atoms with Crippen molar-refractivity contribution in [2.45, 2.75) is 73.2 Å². The molecule has 1 aromatic rings. The van der Waals surface area contributed by atoms with Gasteiger partial charge in [-0.1, -0.05) is 32.1 Å². The van der Waals surface area contributed by atoms with Crippen LogP contribution in [0.1, 0.15) is 38.2 Å². The number of thiol groups is 1. The Morgan fingerprint density at radius 2 is 1.60 bits per heavy atom. The minimum Gasteiger partial charge on any atom is -0.542 e. The van der Waals surface area contributed by atoms with E-state index in [0.29, 0.717) is 24.6 Å². The quantitative estimate of drug-likeness (QED) is 0.125. The minimum absolute atomic E-state index is 0.0736. The highest BCUT2D eigenvalue weighted by molar-refractivity contribution is 8.00. The molecule has 268 valence electrons. The Morgan fingerprint density at radius 1 is 1.09 bits per heavy atom. The number of halogens is 6. The van der Waals surface area contributed by atoms with Gasteiger partial charge in [0.25, 0.3) is 0 Å². The number of carbonyl (C=O) groups excluding carboxylic acids is 3. The van der Waals surface area contributed by atoms with Crippen molar-refractivity contribution in [1.29, 1.82) is 0 Å². The zero-order valence-electron chi connectivity index (χ0n) is 25.8. The van der Waals surface area contributed by atoms with E-state index >= 15 is 0 Å². The van der Waals surface area contributed by atoms with Crippen LogP contribution in [0.3, 0.4) is 0 Å². The number of aliphatic carboxylic acids is 3. The number of thioether (sulfide) groups is 2. The van der Waals surface area contributed by atoms with Gasteiger partial charge in [0.15, 0.2) is 6.04 Å². The van der Waals surface area contributed by atoms with E-state index in [1.54, 1.807) is 23.5 Å². The third-order valence-corrected chi connectivity index (χ3v) is 8.64. The molecule has 47 heavy (non-hydrogen) atoms. The van der Waals surface area contributed by atoms with Crippen LogP contribution in [0.5, 0.6) is 0 Å². The van der Waals surface area contributed by atoms with Gasteiger partial charge in [-0.05, 0) is 48.1 Å². The molecule has 0 aromatic heterocycles. The first kappa shape index (κ1) is 44.5. The fourth-order valence-corrected chi connectivity index (χ4v) is 5.68. The summed E-state index contributed by atoms with van der Waals surface area (Å²) in [5, 5.41) is 28.9. The number of amides is 1. The summed E-state index contributed by atoms with van der Waals surface area (Å²) in [4.78, 5) is 45.8. The molecule has 1 heterocycles. The molecule has 0 radical (unpaired) electrons. The fourth-order valence-electron chi connectivity index (χ4n) is 3.85. The van der Waals surface area contributed by atoms with Gasteiger partial charge in [-0.2, -0.15) is 50.7 Å². The van der Waals surface area contributed by atoms with E-state index in [1.165, 1.54) is 15.8 Å². The van der Waals surface area contributed by atoms with E-state index in [1.807, 2.05) is 12.3 Å². The number of benzene rings is 1. The summed E-state index contributed by atoms with van der Waals surface area (Å²) in [5.74, 6) is -5.12. The topological polar surface area (TPSA) is 182 Å². The number of nitrogens with zero attached hydrogens (tertiary/aromatic N) is 1. The van der Waals surface area contributed by atoms with Gasteiger partial charge in [-0.15, -0.1) is 11.8 Å². The lowest BCUT2D eigenvalue weighted by Gasteiger charge is -2.21. The van der Waals surface area contributed by atoms with E-state index in [-0.39, 0.29) is 23.2 Å². The maximum atomic E-state index is 13.2. The Labute approximate surface area is 282 Å². The molecule has 2 rings (SSSR count). The number of alkyl halides is 6. The maximum absolute atomic E-state index is 13.2. The number of rotatable bonds is 13. The molecule has 19 heteroatoms. The highest BCUT2D eigenvalue weighted by Crippen LogP contribution is 2.33. The predicted octanol–water partition coefficient (Wildman–Crippen LogP) is 0.335. The van der Waals surface area contributed by atoms with Crippen molar-refractivity contribution >= 4 is 60.0 Å². The van der Waals surface area contributed by atoms with E-state index in [4.69, 9.17) is 19.8 Å². The van der Waals surface area contributed by atoms with E-state index in [9.17, 15) is 41.0 Å². The molecule has 1 saturated heterocycles. The first-order valence-corrected chi connectivity index (χ1v) is 16.8. The molecule has 4 atom stereocenters. The van der Waals surface area contributed by atoms with Crippen molar-refractivity contribution in [3.8, 4) is 0 Å². The van der Waals surface area contributed by atoms with Crippen LogP contribution in [0.25, 0.3) is 0 Å². The summed E-state index contributed by atoms with van der Waals surface area (Å²) in [7, 11) is 0. The summed E-state index contributed by atoms with van der Waals surface area (Å²) < 4.78 is 63.1. The van der Waals surface area contributed by atoms with Crippen LogP contribution in [0.15, 0.2) is 41.3 Å². The highest BCUT2D eigenvalue weighted by atomic mass is 32.2. The van der Waals surface area contributed by atoms with Crippen molar-refractivity contribution in [2.75, 3.05) is 30.9 Å². The molecule has 10 nitrogen and oxygen atoms in total. The first-order chi connectivity index (χ1) is 21.6. The van der Waals surface area contributed by atoms with Gasteiger partial charge >= 0.3 is 24.2 Å². The molecule has 6 N–H and O–H groups in total. The number of likely N-dealkylation sites (tertiary alicyclic amines) is 1. The first-order valence-electron chi connectivity index (χ1n) is 13.9. The standard InChI is InChI=1S/C24H37N3O3S3.2C2HF3O2/c1-16(2)17-6-8-19(9-7-17)33-20-13-22(27(14-20)11-4-5-18(25)15-31)23(28)26-21(24(29)30)10-12-32-3;2*3-2(4,5)1(6)7/h4-9,16,18,20-22,31H,10-15,25H2,1-3H3,(H,26,28)(H,29,30);2*(H,6,7)/b5-4+;;/t18-,20+,21+,22+;;/m1../s1. The predicted molar refractivity (Wildman–Crippen MR) is 163 cm³/mol. The van der Waals surface area contributed by atoms with Crippen LogP contribution in [0.2, 0.25) is 0 Å². The van der Waals surface area contributed by atoms with Gasteiger partial charge in [-0.25, -0.2) is 9.59 Å². The summed E-state index contributed by atoms with van der Waals surface area (Å²) in [6.07, 6.45) is -3.17. The van der Waals surface area contributed by atoms with Gasteiger partial charge in [0.2, 0.25) is 0 Å². The normalized spacial score (nSPS) is 18.1. The van der Waals surface area contributed by atoms with Gasteiger partial charge in [0, 0.05) is 35.4 Å². The van der Waals surface area contributed by atoms with Crippen molar-refractivity contribution in [1.82, 2.24) is 4.90 Å². The summed E-state index contributed by atoms with van der Waals surface area (Å²) in [6, 6.07) is 7.78. The fraction of sp³-hybridized carbons (Fsp3) is 0.571. The second-order valence-electron chi connectivity index (χ2n) is 10.4. The molecule has 1 aromatic carbocycles. The van der Waals surface area contributed by atoms with Gasteiger partial charge < -0.3 is 30.6 Å². The lowest BCUT2D eigenvalue weighted by molar-refractivity contribution is -0.596. The Bertz CT molecular complexity index is 1150. The molecule has 1 aliphatic rings. The van der Waals surface area contributed by atoms with E-state index in [2.05, 4.69) is 67.5 Å². The third-order valence-electron chi connectivity index (χ3n) is 6.30. The zero-order valence-corrected chi connectivity index (χ0v) is 28.3. The van der Waals surface area contributed by atoms with Crippen LogP contribution < -0.4 is 21.3 Å². The van der Waals surface area contributed by atoms with Crippen LogP contribution in [0, 0.1) is 0 Å². The molecule has 1 fully saturated rings. The van der Waals surface area contributed by atoms with Gasteiger partial charge in [-0.3, -0.25) is 10.2 Å². The van der Waals surface area contributed by atoms with Crippen LogP contribution in [-0.2, 0) is 19.2 Å². The molecule has 0 bridgehead atoms. The Kier molecular flexibility index (Phi) is 20.4. The Morgan fingerprint density at radius 3 is 2.00 bits per heavy atom. The monoisotopic (exact) mass is 739 g/mol. The van der Waals surface area contributed by atoms with Crippen LogP contribution in [0.4, 0.5) is 26.3 Å². The second-order valence-corrected chi connectivity index (χ2v) is 13.1. The molecule has 0 aliphatic carbocycles. The molecular formula is C28H39F6N3O7S3. The maximum Gasteiger partial charge on any atom is 0.430 e. The molecule has 1 aliphatic heterocycles. The van der Waals surface area contributed by atoms with E-state index < -0.39 is 36.3 Å². The molecular weight excluding hydrogens is 701 g/mol. The zero-order chi connectivity index (χ0) is 36.5. The van der Waals surface area contributed by atoms with Crippen LogP contribution >= 0.6 is 36.2 Å². The Balaban J connectivity index is 0.00000126. The molecule has 1 amide bonds. The molecule has 0 spiro atoms. The minimum atomic E-state index is -5.19. The lowest BCUT2D eigenvalue weighted by Crippen LogP contribution is -2.97. The summed E-state index contributed by atoms with van der Waals surface area (Å²) in [6.45, 7) is 5.81.